The molecular weight excluding hydrogens is 302 g/mol. The van der Waals surface area contributed by atoms with Crippen molar-refractivity contribution >= 4 is 0 Å². The molecule has 122 valence electrons. The van der Waals surface area contributed by atoms with Crippen molar-refractivity contribution in [3.05, 3.63) is 78.7 Å². The zero-order chi connectivity index (χ0) is 16.5. The van der Waals surface area contributed by atoms with Gasteiger partial charge in [0.25, 0.3) is 0 Å². The summed E-state index contributed by atoms with van der Waals surface area (Å²) in [6, 6.07) is 1.82. The first kappa shape index (κ1) is 15.0. The van der Waals surface area contributed by atoms with Crippen LogP contribution in [0.3, 0.4) is 0 Å². The Kier molecular flexibility index (Phi) is 3.82. The van der Waals surface area contributed by atoms with Gasteiger partial charge in [-0.15, -0.1) is 0 Å². The van der Waals surface area contributed by atoms with Gasteiger partial charge < -0.3 is 14.2 Å². The smallest absolute Gasteiger partial charge is 0.231 e. The molecule has 4 nitrogen and oxygen atoms in total. The van der Waals surface area contributed by atoms with Gasteiger partial charge in [-0.1, -0.05) is 55.2 Å². The number of fused-ring (bicyclic) bond motifs is 2. The lowest BCUT2D eigenvalue weighted by molar-refractivity contribution is 0.0317. The van der Waals surface area contributed by atoms with Crippen LogP contribution in [-0.4, -0.2) is 24.5 Å². The second kappa shape index (κ2) is 6.13. The molecule has 3 unspecified atom stereocenters. The fourth-order valence-electron chi connectivity index (χ4n) is 3.36. The lowest BCUT2D eigenvalue weighted by atomic mass is 9.78. The summed E-state index contributed by atoms with van der Waals surface area (Å²) in [7, 11) is 0. The molecule has 3 heterocycles. The van der Waals surface area contributed by atoms with Crippen LogP contribution in [0.2, 0.25) is 0 Å². The number of pyridine rings is 1. The van der Waals surface area contributed by atoms with Crippen LogP contribution in [-0.2, 0) is 4.74 Å². The topological polar surface area (TPSA) is 40.6 Å². The van der Waals surface area contributed by atoms with Gasteiger partial charge in [0, 0.05) is 24.1 Å². The van der Waals surface area contributed by atoms with E-state index in [0.717, 1.165) is 22.6 Å². The maximum absolute atomic E-state index is 6.06. The Hall–Kier alpha value is -2.59. The third kappa shape index (κ3) is 2.49. The monoisotopic (exact) mass is 321 g/mol. The van der Waals surface area contributed by atoms with Crippen molar-refractivity contribution < 1.29 is 14.2 Å². The summed E-state index contributed by atoms with van der Waals surface area (Å²) < 4.78 is 17.1. The van der Waals surface area contributed by atoms with E-state index in [-0.39, 0.29) is 24.7 Å². The molecule has 1 saturated heterocycles. The van der Waals surface area contributed by atoms with Gasteiger partial charge in [0.15, 0.2) is 11.5 Å². The van der Waals surface area contributed by atoms with Crippen LogP contribution in [0.4, 0.5) is 0 Å². The molecular formula is C20H19NO3. The van der Waals surface area contributed by atoms with Gasteiger partial charge in [0.05, 0.1) is 18.4 Å². The van der Waals surface area contributed by atoms with Crippen LogP contribution in [0.1, 0.15) is 11.6 Å². The van der Waals surface area contributed by atoms with Crippen molar-refractivity contribution in [2.24, 2.45) is 5.92 Å². The molecule has 3 aliphatic rings. The second-order valence-electron chi connectivity index (χ2n) is 6.00. The molecule has 0 spiro atoms. The van der Waals surface area contributed by atoms with Gasteiger partial charge in [-0.3, -0.25) is 4.98 Å². The van der Waals surface area contributed by atoms with Crippen molar-refractivity contribution in [2.75, 3.05) is 13.4 Å². The first-order valence-corrected chi connectivity index (χ1v) is 8.02. The van der Waals surface area contributed by atoms with Crippen LogP contribution >= 0.6 is 0 Å². The summed E-state index contributed by atoms with van der Waals surface area (Å²) in [6.45, 7) is 8.85. The minimum absolute atomic E-state index is 0.00437. The van der Waals surface area contributed by atoms with Crippen molar-refractivity contribution in [2.45, 2.75) is 12.0 Å². The summed E-state index contributed by atoms with van der Waals surface area (Å²) in [4.78, 5) is 4.52. The number of nitrogens with zero attached hydrogens (tertiary/aromatic N) is 1. The fraction of sp³-hybridized carbons (Fsp3) is 0.250. The molecule has 1 aromatic heterocycles. The molecule has 4 rings (SSSR count). The van der Waals surface area contributed by atoms with E-state index < -0.39 is 0 Å². The highest BCUT2D eigenvalue weighted by atomic mass is 16.7. The maximum Gasteiger partial charge on any atom is 0.231 e. The van der Waals surface area contributed by atoms with E-state index in [9.17, 15) is 0 Å². The Morgan fingerprint density at radius 3 is 3.08 bits per heavy atom. The number of hydrogen-bond acceptors (Lipinski definition) is 4. The summed E-state index contributed by atoms with van der Waals surface area (Å²) in [6.07, 6.45) is 13.9. The van der Waals surface area contributed by atoms with E-state index in [1.165, 1.54) is 0 Å². The summed E-state index contributed by atoms with van der Waals surface area (Å²) in [5.41, 5.74) is 3.07. The molecule has 1 aromatic rings. The van der Waals surface area contributed by atoms with E-state index in [1.54, 1.807) is 12.3 Å². The molecule has 1 aliphatic carbocycles. The van der Waals surface area contributed by atoms with Crippen LogP contribution in [0, 0.1) is 5.92 Å². The van der Waals surface area contributed by atoms with Gasteiger partial charge in [-0.2, -0.15) is 0 Å². The first-order chi connectivity index (χ1) is 11.8. The SMILES string of the molecule is C=C/C=C\C1=CC2C(=C)C(c3nccc4c3OCO4)COC2C=C1. The van der Waals surface area contributed by atoms with Gasteiger partial charge >= 0.3 is 0 Å². The highest BCUT2D eigenvalue weighted by molar-refractivity contribution is 5.50. The van der Waals surface area contributed by atoms with Crippen molar-refractivity contribution in [1.29, 1.82) is 0 Å². The highest BCUT2D eigenvalue weighted by Crippen LogP contribution is 2.45. The second-order valence-corrected chi connectivity index (χ2v) is 6.00. The van der Waals surface area contributed by atoms with E-state index in [1.807, 2.05) is 18.2 Å². The quantitative estimate of drug-likeness (QED) is 0.629. The van der Waals surface area contributed by atoms with Gasteiger partial charge in [0.2, 0.25) is 6.79 Å². The average Bonchev–Trinajstić information content (AvgIpc) is 3.09. The number of aromatic nitrogens is 1. The minimum atomic E-state index is -0.00437. The van der Waals surface area contributed by atoms with Gasteiger partial charge in [-0.25, -0.2) is 0 Å². The standard InChI is InChI=1S/C20H19NO3/c1-3-4-5-14-6-7-17-15(10-14)13(2)16(11-22-17)19-20-18(8-9-21-19)23-12-24-20/h3-10,15-17H,1-2,11-12H2/b5-4-. The molecule has 2 aliphatic heterocycles. The van der Waals surface area contributed by atoms with Crippen molar-refractivity contribution in [1.82, 2.24) is 4.98 Å². The molecule has 0 N–H and O–H groups in total. The lowest BCUT2D eigenvalue weighted by Crippen LogP contribution is -2.35. The van der Waals surface area contributed by atoms with Gasteiger partial charge in [-0.05, 0) is 5.57 Å². The van der Waals surface area contributed by atoms with E-state index >= 15 is 0 Å². The van der Waals surface area contributed by atoms with Crippen LogP contribution in [0.25, 0.3) is 0 Å². The fourth-order valence-corrected chi connectivity index (χ4v) is 3.36. The van der Waals surface area contributed by atoms with Crippen LogP contribution in [0.5, 0.6) is 11.5 Å². The average molecular weight is 321 g/mol. The third-order valence-corrected chi connectivity index (χ3v) is 4.60. The molecule has 0 amide bonds. The normalized spacial score (nSPS) is 27.9. The number of hydrogen-bond donors (Lipinski definition) is 0. The zero-order valence-electron chi connectivity index (χ0n) is 13.4. The summed E-state index contributed by atoms with van der Waals surface area (Å²) in [5, 5.41) is 0. The third-order valence-electron chi connectivity index (χ3n) is 4.60. The Labute approximate surface area is 141 Å². The maximum atomic E-state index is 6.06. The van der Waals surface area contributed by atoms with E-state index in [4.69, 9.17) is 14.2 Å². The van der Waals surface area contributed by atoms with Crippen molar-refractivity contribution in [3.8, 4) is 11.5 Å². The van der Waals surface area contributed by atoms with E-state index in [0.29, 0.717) is 12.4 Å². The first-order valence-electron chi connectivity index (χ1n) is 8.02. The lowest BCUT2D eigenvalue weighted by Gasteiger charge is -2.37. The molecule has 4 heteroatoms. The Balaban J connectivity index is 1.65. The van der Waals surface area contributed by atoms with Crippen molar-refractivity contribution in [3.63, 3.8) is 0 Å². The predicted octanol–water partition coefficient (Wildman–Crippen LogP) is 3.70. The highest BCUT2D eigenvalue weighted by Gasteiger charge is 2.37. The van der Waals surface area contributed by atoms with Crippen LogP contribution in [0.15, 0.2) is 73.0 Å². The largest absolute Gasteiger partial charge is 0.453 e. The molecule has 1 fully saturated rings. The molecule has 0 bridgehead atoms. The summed E-state index contributed by atoms with van der Waals surface area (Å²) in [5.74, 6) is 1.57. The number of allylic oxidation sites excluding steroid dienone is 5. The Morgan fingerprint density at radius 1 is 1.29 bits per heavy atom. The summed E-state index contributed by atoms with van der Waals surface area (Å²) >= 11 is 0. The predicted molar refractivity (Wildman–Crippen MR) is 92.0 cm³/mol. The number of rotatable bonds is 3. The van der Waals surface area contributed by atoms with E-state index in [2.05, 4.69) is 36.4 Å². The van der Waals surface area contributed by atoms with Crippen LogP contribution < -0.4 is 9.47 Å². The molecule has 0 aromatic carbocycles. The van der Waals surface area contributed by atoms with Gasteiger partial charge in [0.1, 0.15) is 0 Å². The number of ether oxygens (including phenoxy) is 3. The molecule has 3 atom stereocenters. The molecule has 24 heavy (non-hydrogen) atoms. The Morgan fingerprint density at radius 2 is 2.21 bits per heavy atom. The zero-order valence-corrected chi connectivity index (χ0v) is 13.4. The Bertz CT molecular complexity index is 775. The molecule has 0 radical (unpaired) electrons. The minimum Gasteiger partial charge on any atom is -0.453 e. The molecule has 0 saturated carbocycles.